The van der Waals surface area contributed by atoms with E-state index < -0.39 is 0 Å². The van der Waals surface area contributed by atoms with Crippen molar-refractivity contribution in [3.05, 3.63) is 36.4 Å². The Balaban J connectivity index is 1.95. The molecule has 0 fully saturated rings. The van der Waals surface area contributed by atoms with Gasteiger partial charge in [-0.1, -0.05) is 43.7 Å². The van der Waals surface area contributed by atoms with Crippen LogP contribution in [0.25, 0.3) is 10.8 Å². The fourth-order valence-electron chi connectivity index (χ4n) is 2.42. The van der Waals surface area contributed by atoms with Crippen molar-refractivity contribution in [3.8, 4) is 11.5 Å². The van der Waals surface area contributed by atoms with E-state index in [0.29, 0.717) is 6.61 Å². The Kier molecular flexibility index (Phi) is 3.09. The summed E-state index contributed by atoms with van der Waals surface area (Å²) >= 11 is 0. The van der Waals surface area contributed by atoms with Gasteiger partial charge in [0, 0.05) is 5.39 Å². The number of ether oxygens (including phenoxy) is 2. The van der Waals surface area contributed by atoms with Gasteiger partial charge in [-0.25, -0.2) is 0 Å². The second-order valence-electron chi connectivity index (χ2n) is 4.81. The van der Waals surface area contributed by atoms with Gasteiger partial charge in [0.2, 0.25) is 0 Å². The van der Waals surface area contributed by atoms with Crippen molar-refractivity contribution in [2.24, 2.45) is 0 Å². The zero-order valence-corrected chi connectivity index (χ0v) is 10.7. The van der Waals surface area contributed by atoms with Crippen molar-refractivity contribution in [2.45, 2.75) is 32.3 Å². The molecule has 18 heavy (non-hydrogen) atoms. The summed E-state index contributed by atoms with van der Waals surface area (Å²) in [5, 5.41) is 2.35. The summed E-state index contributed by atoms with van der Waals surface area (Å²) < 4.78 is 11.9. The lowest BCUT2D eigenvalue weighted by Crippen LogP contribution is -2.29. The zero-order valence-electron chi connectivity index (χ0n) is 10.7. The maximum Gasteiger partial charge on any atom is 0.169 e. The highest BCUT2D eigenvalue weighted by Crippen LogP contribution is 2.39. The van der Waals surface area contributed by atoms with Crippen molar-refractivity contribution >= 4 is 10.8 Å². The third kappa shape index (κ3) is 2.03. The SMILES string of the molecule is CCCC[C@@H]1COc2ccc3ccccc3c2O1. The monoisotopic (exact) mass is 242 g/mol. The number of rotatable bonds is 3. The lowest BCUT2D eigenvalue weighted by atomic mass is 10.1. The van der Waals surface area contributed by atoms with E-state index in [0.717, 1.165) is 23.3 Å². The van der Waals surface area contributed by atoms with E-state index in [9.17, 15) is 0 Å². The van der Waals surface area contributed by atoms with Gasteiger partial charge in [0.25, 0.3) is 0 Å². The molecule has 2 aromatic rings. The van der Waals surface area contributed by atoms with E-state index in [4.69, 9.17) is 9.47 Å². The van der Waals surface area contributed by atoms with E-state index in [1.807, 2.05) is 18.2 Å². The van der Waals surface area contributed by atoms with E-state index in [2.05, 4.69) is 25.1 Å². The summed E-state index contributed by atoms with van der Waals surface area (Å²) in [7, 11) is 0. The summed E-state index contributed by atoms with van der Waals surface area (Å²) in [6, 6.07) is 12.4. The van der Waals surface area contributed by atoms with Gasteiger partial charge in [-0.3, -0.25) is 0 Å². The summed E-state index contributed by atoms with van der Waals surface area (Å²) in [4.78, 5) is 0. The van der Waals surface area contributed by atoms with Crippen LogP contribution in [0.5, 0.6) is 11.5 Å². The normalized spacial score (nSPS) is 17.9. The van der Waals surface area contributed by atoms with Crippen LogP contribution in [-0.4, -0.2) is 12.7 Å². The average molecular weight is 242 g/mol. The molecule has 2 nitrogen and oxygen atoms in total. The van der Waals surface area contributed by atoms with Crippen molar-refractivity contribution in [3.63, 3.8) is 0 Å². The van der Waals surface area contributed by atoms with Gasteiger partial charge in [0.05, 0.1) is 0 Å². The third-order valence-corrected chi connectivity index (χ3v) is 3.43. The molecule has 1 aliphatic rings. The van der Waals surface area contributed by atoms with Gasteiger partial charge in [-0.05, 0) is 24.3 Å². The minimum atomic E-state index is 0.197. The molecular weight excluding hydrogens is 224 g/mol. The van der Waals surface area contributed by atoms with Crippen LogP contribution in [0.2, 0.25) is 0 Å². The summed E-state index contributed by atoms with van der Waals surface area (Å²) in [6.07, 6.45) is 3.65. The van der Waals surface area contributed by atoms with Crippen LogP contribution in [0.4, 0.5) is 0 Å². The van der Waals surface area contributed by atoms with Gasteiger partial charge in [-0.2, -0.15) is 0 Å². The van der Waals surface area contributed by atoms with Crippen LogP contribution < -0.4 is 9.47 Å². The van der Waals surface area contributed by atoms with Crippen molar-refractivity contribution in [1.82, 2.24) is 0 Å². The highest BCUT2D eigenvalue weighted by molar-refractivity contribution is 5.90. The molecule has 1 heterocycles. The molecule has 0 saturated carbocycles. The maximum atomic E-state index is 6.12. The topological polar surface area (TPSA) is 18.5 Å². The molecule has 0 unspecified atom stereocenters. The summed E-state index contributed by atoms with van der Waals surface area (Å²) in [5.41, 5.74) is 0. The van der Waals surface area contributed by atoms with E-state index in [-0.39, 0.29) is 6.10 Å². The predicted molar refractivity (Wildman–Crippen MR) is 73.4 cm³/mol. The van der Waals surface area contributed by atoms with Crippen LogP contribution in [0, 0.1) is 0 Å². The molecule has 0 bridgehead atoms. The first-order valence-corrected chi connectivity index (χ1v) is 6.69. The predicted octanol–water partition coefficient (Wildman–Crippen LogP) is 4.17. The fraction of sp³-hybridized carbons (Fsp3) is 0.375. The Hall–Kier alpha value is -1.70. The molecule has 0 saturated heterocycles. The summed E-state index contributed by atoms with van der Waals surface area (Å²) in [5.74, 6) is 1.79. The molecule has 0 aromatic heterocycles. The molecule has 0 N–H and O–H groups in total. The number of hydrogen-bond acceptors (Lipinski definition) is 2. The number of unbranched alkanes of at least 4 members (excludes halogenated alkanes) is 1. The Bertz CT molecular complexity index is 548. The van der Waals surface area contributed by atoms with Crippen molar-refractivity contribution in [1.29, 1.82) is 0 Å². The highest BCUT2D eigenvalue weighted by Gasteiger charge is 2.22. The smallest absolute Gasteiger partial charge is 0.169 e. The second-order valence-corrected chi connectivity index (χ2v) is 4.81. The molecule has 3 rings (SSSR count). The quantitative estimate of drug-likeness (QED) is 0.804. The third-order valence-electron chi connectivity index (χ3n) is 3.43. The Labute approximate surface area is 108 Å². The largest absolute Gasteiger partial charge is 0.486 e. The lowest BCUT2D eigenvalue weighted by molar-refractivity contribution is 0.0852. The van der Waals surface area contributed by atoms with Crippen LogP contribution in [0.15, 0.2) is 36.4 Å². The van der Waals surface area contributed by atoms with Crippen LogP contribution >= 0.6 is 0 Å². The van der Waals surface area contributed by atoms with Gasteiger partial charge in [0.15, 0.2) is 11.5 Å². The van der Waals surface area contributed by atoms with Crippen LogP contribution in [-0.2, 0) is 0 Å². The van der Waals surface area contributed by atoms with Gasteiger partial charge in [0.1, 0.15) is 12.7 Å². The molecule has 2 heteroatoms. The summed E-state index contributed by atoms with van der Waals surface area (Å²) in [6.45, 7) is 2.87. The average Bonchev–Trinajstić information content (AvgIpc) is 2.45. The van der Waals surface area contributed by atoms with Crippen molar-refractivity contribution in [2.75, 3.05) is 6.61 Å². The van der Waals surface area contributed by atoms with Crippen LogP contribution in [0.1, 0.15) is 26.2 Å². The molecule has 1 aliphatic heterocycles. The van der Waals surface area contributed by atoms with Crippen LogP contribution in [0.3, 0.4) is 0 Å². The molecule has 1 atom stereocenters. The fourth-order valence-corrected chi connectivity index (χ4v) is 2.42. The zero-order chi connectivity index (χ0) is 12.4. The lowest BCUT2D eigenvalue weighted by Gasteiger charge is -2.27. The molecule has 0 radical (unpaired) electrons. The Morgan fingerprint density at radius 3 is 2.94 bits per heavy atom. The Morgan fingerprint density at radius 1 is 1.17 bits per heavy atom. The number of fused-ring (bicyclic) bond motifs is 3. The van der Waals surface area contributed by atoms with E-state index >= 15 is 0 Å². The molecular formula is C16H18O2. The minimum Gasteiger partial charge on any atom is -0.486 e. The first-order valence-electron chi connectivity index (χ1n) is 6.69. The number of hydrogen-bond donors (Lipinski definition) is 0. The maximum absolute atomic E-state index is 6.12. The van der Waals surface area contributed by atoms with E-state index in [1.165, 1.54) is 18.2 Å². The Morgan fingerprint density at radius 2 is 2.06 bits per heavy atom. The standard InChI is InChI=1S/C16H18O2/c1-2-3-7-13-11-17-15-10-9-12-6-4-5-8-14(12)16(15)18-13/h4-6,8-10,13H,2-3,7,11H2,1H3/t13-/m1/s1. The molecule has 0 amide bonds. The van der Waals surface area contributed by atoms with Gasteiger partial charge < -0.3 is 9.47 Å². The highest BCUT2D eigenvalue weighted by atomic mass is 16.6. The first kappa shape index (κ1) is 11.4. The second kappa shape index (κ2) is 4.89. The molecule has 0 aliphatic carbocycles. The molecule has 94 valence electrons. The van der Waals surface area contributed by atoms with Gasteiger partial charge >= 0.3 is 0 Å². The molecule has 0 spiro atoms. The van der Waals surface area contributed by atoms with Crippen molar-refractivity contribution < 1.29 is 9.47 Å². The molecule has 2 aromatic carbocycles. The van der Waals surface area contributed by atoms with E-state index in [1.54, 1.807) is 0 Å². The minimum absolute atomic E-state index is 0.197. The number of benzene rings is 2. The van der Waals surface area contributed by atoms with Gasteiger partial charge in [-0.15, -0.1) is 0 Å². The first-order chi connectivity index (χ1) is 8.88.